The Morgan fingerprint density at radius 2 is 2.04 bits per heavy atom. The van der Waals surface area contributed by atoms with Crippen LogP contribution < -0.4 is 15.0 Å². The maximum Gasteiger partial charge on any atom is 0.258 e. The molecule has 1 fully saturated rings. The van der Waals surface area contributed by atoms with Crippen molar-refractivity contribution in [2.24, 2.45) is 0 Å². The molecule has 7 heteroatoms. The van der Waals surface area contributed by atoms with Crippen molar-refractivity contribution in [2.45, 2.75) is 0 Å². The van der Waals surface area contributed by atoms with E-state index in [0.717, 1.165) is 42.1 Å². The first-order valence-corrected chi connectivity index (χ1v) is 8.52. The number of piperazine rings is 1. The second-order valence-electron chi connectivity index (χ2n) is 5.77. The second kappa shape index (κ2) is 7.27. The summed E-state index contributed by atoms with van der Waals surface area (Å²) in [5.74, 6) is 0.575. The number of nitrogens with one attached hydrogen (secondary N) is 1. The minimum atomic E-state index is -0.204. The predicted octanol–water partition coefficient (Wildman–Crippen LogP) is 3.05. The summed E-state index contributed by atoms with van der Waals surface area (Å²) in [4.78, 5) is 16.8. The Hall–Kier alpha value is -1.99. The Kier molecular flexibility index (Phi) is 5.11. The lowest BCUT2D eigenvalue weighted by molar-refractivity contribution is 0.102. The second-order valence-corrected chi connectivity index (χ2v) is 6.62. The van der Waals surface area contributed by atoms with Crippen molar-refractivity contribution in [1.82, 2.24) is 4.90 Å². The standard InChI is InChI=1S/C17H20BrN3O3/c1-20-4-6-21(7-5-20)15-10-13(9-14(18)16(15)23-2)19-17(22)12-3-8-24-11-12/h3,8-11H,4-7H2,1-2H3,(H,19,22). The van der Waals surface area contributed by atoms with Crippen LogP contribution in [0.4, 0.5) is 11.4 Å². The van der Waals surface area contributed by atoms with Crippen LogP contribution in [0.25, 0.3) is 0 Å². The van der Waals surface area contributed by atoms with Crippen molar-refractivity contribution in [3.8, 4) is 5.75 Å². The minimum absolute atomic E-state index is 0.204. The van der Waals surface area contributed by atoms with Crippen LogP contribution in [0.3, 0.4) is 0 Å². The maximum absolute atomic E-state index is 12.2. The third kappa shape index (κ3) is 3.57. The zero-order chi connectivity index (χ0) is 17.1. The average Bonchev–Trinajstić information content (AvgIpc) is 3.09. The van der Waals surface area contributed by atoms with Gasteiger partial charge in [0.1, 0.15) is 6.26 Å². The molecule has 0 radical (unpaired) electrons. The fourth-order valence-corrected chi connectivity index (χ4v) is 3.34. The van der Waals surface area contributed by atoms with Gasteiger partial charge in [0.25, 0.3) is 5.91 Å². The minimum Gasteiger partial charge on any atom is -0.493 e. The number of halogens is 1. The van der Waals surface area contributed by atoms with E-state index in [-0.39, 0.29) is 5.91 Å². The SMILES string of the molecule is COc1c(Br)cc(NC(=O)c2ccoc2)cc1N1CCN(C)CC1. The molecule has 2 heterocycles. The summed E-state index contributed by atoms with van der Waals surface area (Å²) in [6.45, 7) is 3.82. The topological polar surface area (TPSA) is 58.0 Å². The molecule has 1 aromatic carbocycles. The molecule has 1 N–H and O–H groups in total. The summed E-state index contributed by atoms with van der Waals surface area (Å²) >= 11 is 3.54. The van der Waals surface area contributed by atoms with Crippen molar-refractivity contribution < 1.29 is 13.9 Å². The Morgan fingerprint density at radius 1 is 1.29 bits per heavy atom. The van der Waals surface area contributed by atoms with Crippen LogP contribution in [-0.4, -0.2) is 51.1 Å². The van der Waals surface area contributed by atoms with Gasteiger partial charge in [0.15, 0.2) is 5.75 Å². The Labute approximate surface area is 149 Å². The number of ether oxygens (including phenoxy) is 1. The number of nitrogens with zero attached hydrogens (tertiary/aromatic N) is 2. The lowest BCUT2D eigenvalue weighted by Crippen LogP contribution is -2.44. The number of carbonyl (C=O) groups excluding carboxylic acids is 1. The molecule has 2 aromatic rings. The van der Waals surface area contributed by atoms with Crippen LogP contribution in [0, 0.1) is 0 Å². The molecule has 128 valence electrons. The van der Waals surface area contributed by atoms with E-state index in [1.165, 1.54) is 12.5 Å². The third-order valence-corrected chi connectivity index (χ3v) is 4.70. The van der Waals surface area contributed by atoms with Gasteiger partial charge in [-0.05, 0) is 41.2 Å². The van der Waals surface area contributed by atoms with Crippen LogP contribution in [0.2, 0.25) is 0 Å². The summed E-state index contributed by atoms with van der Waals surface area (Å²) in [5.41, 5.74) is 2.17. The molecule has 1 amide bonds. The van der Waals surface area contributed by atoms with E-state index in [2.05, 4.69) is 38.1 Å². The monoisotopic (exact) mass is 393 g/mol. The van der Waals surface area contributed by atoms with Gasteiger partial charge in [0.2, 0.25) is 0 Å². The Balaban J connectivity index is 1.87. The quantitative estimate of drug-likeness (QED) is 0.864. The average molecular weight is 394 g/mol. The molecule has 0 unspecified atom stereocenters. The lowest BCUT2D eigenvalue weighted by Gasteiger charge is -2.35. The predicted molar refractivity (Wildman–Crippen MR) is 97.1 cm³/mol. The molecule has 24 heavy (non-hydrogen) atoms. The molecular formula is C17H20BrN3O3. The van der Waals surface area contributed by atoms with Crippen LogP contribution in [0.5, 0.6) is 5.75 Å². The number of rotatable bonds is 4. The van der Waals surface area contributed by atoms with Crippen LogP contribution in [0.1, 0.15) is 10.4 Å². The number of amides is 1. The molecule has 0 atom stereocenters. The van der Waals surface area contributed by atoms with Crippen molar-refractivity contribution in [3.63, 3.8) is 0 Å². The lowest BCUT2D eigenvalue weighted by atomic mass is 10.2. The van der Waals surface area contributed by atoms with Gasteiger partial charge in [-0.3, -0.25) is 4.79 Å². The molecule has 0 bridgehead atoms. The maximum atomic E-state index is 12.2. The highest BCUT2D eigenvalue weighted by molar-refractivity contribution is 9.10. The number of hydrogen-bond acceptors (Lipinski definition) is 5. The van der Waals surface area contributed by atoms with Crippen molar-refractivity contribution >= 4 is 33.2 Å². The first-order chi connectivity index (χ1) is 11.6. The summed E-state index contributed by atoms with van der Waals surface area (Å²) in [6.07, 6.45) is 2.91. The molecular weight excluding hydrogens is 374 g/mol. The highest BCUT2D eigenvalue weighted by Gasteiger charge is 2.21. The summed E-state index contributed by atoms with van der Waals surface area (Å²) < 4.78 is 11.3. The van der Waals surface area contributed by atoms with E-state index < -0.39 is 0 Å². The largest absolute Gasteiger partial charge is 0.493 e. The van der Waals surface area contributed by atoms with E-state index in [0.29, 0.717) is 11.3 Å². The summed E-state index contributed by atoms with van der Waals surface area (Å²) in [5, 5.41) is 2.90. The number of furan rings is 1. The number of hydrogen-bond donors (Lipinski definition) is 1. The zero-order valence-electron chi connectivity index (χ0n) is 13.7. The van der Waals surface area contributed by atoms with Gasteiger partial charge in [0, 0.05) is 31.9 Å². The van der Waals surface area contributed by atoms with Gasteiger partial charge in [-0.25, -0.2) is 0 Å². The smallest absolute Gasteiger partial charge is 0.258 e. The summed E-state index contributed by atoms with van der Waals surface area (Å²) in [7, 11) is 3.77. The molecule has 1 aliphatic heterocycles. The molecule has 0 aliphatic carbocycles. The molecule has 1 aliphatic rings. The van der Waals surface area contributed by atoms with Crippen molar-refractivity contribution in [1.29, 1.82) is 0 Å². The van der Waals surface area contributed by atoms with Gasteiger partial charge in [-0.15, -0.1) is 0 Å². The number of likely N-dealkylation sites (N-methyl/N-ethyl adjacent to an activating group) is 1. The van der Waals surface area contributed by atoms with Crippen molar-refractivity contribution in [3.05, 3.63) is 40.8 Å². The first kappa shape index (κ1) is 16.9. The van der Waals surface area contributed by atoms with E-state index >= 15 is 0 Å². The van der Waals surface area contributed by atoms with Gasteiger partial charge < -0.3 is 24.3 Å². The normalized spacial score (nSPS) is 15.4. The van der Waals surface area contributed by atoms with Crippen molar-refractivity contribution in [2.75, 3.05) is 50.6 Å². The molecule has 1 aromatic heterocycles. The van der Waals surface area contributed by atoms with E-state index in [9.17, 15) is 4.79 Å². The number of methoxy groups -OCH3 is 1. The highest BCUT2D eigenvalue weighted by Crippen LogP contribution is 2.39. The summed E-state index contributed by atoms with van der Waals surface area (Å²) in [6, 6.07) is 5.43. The number of benzene rings is 1. The van der Waals surface area contributed by atoms with Gasteiger partial charge in [0.05, 0.1) is 29.1 Å². The fourth-order valence-electron chi connectivity index (χ4n) is 2.73. The molecule has 3 rings (SSSR count). The van der Waals surface area contributed by atoms with E-state index in [1.54, 1.807) is 13.2 Å². The molecule has 6 nitrogen and oxygen atoms in total. The Morgan fingerprint density at radius 3 is 2.67 bits per heavy atom. The number of anilines is 2. The molecule has 1 saturated heterocycles. The molecule has 0 saturated carbocycles. The van der Waals surface area contributed by atoms with E-state index in [1.807, 2.05) is 12.1 Å². The van der Waals surface area contributed by atoms with Gasteiger partial charge in [-0.2, -0.15) is 0 Å². The van der Waals surface area contributed by atoms with Crippen LogP contribution in [0.15, 0.2) is 39.6 Å². The highest BCUT2D eigenvalue weighted by atomic mass is 79.9. The number of carbonyl (C=O) groups is 1. The van der Waals surface area contributed by atoms with Gasteiger partial charge >= 0.3 is 0 Å². The first-order valence-electron chi connectivity index (χ1n) is 7.73. The fraction of sp³-hybridized carbons (Fsp3) is 0.353. The Bertz CT molecular complexity index is 710. The van der Waals surface area contributed by atoms with Crippen LogP contribution >= 0.6 is 15.9 Å². The van der Waals surface area contributed by atoms with Gasteiger partial charge in [-0.1, -0.05) is 0 Å². The zero-order valence-corrected chi connectivity index (χ0v) is 15.3. The third-order valence-electron chi connectivity index (χ3n) is 4.11. The van der Waals surface area contributed by atoms with Crippen LogP contribution in [-0.2, 0) is 0 Å². The molecule has 0 spiro atoms. The van der Waals surface area contributed by atoms with E-state index in [4.69, 9.17) is 9.15 Å².